The van der Waals surface area contributed by atoms with E-state index in [0.717, 1.165) is 22.3 Å². The van der Waals surface area contributed by atoms with Gasteiger partial charge in [-0.2, -0.15) is 0 Å². The van der Waals surface area contributed by atoms with Gasteiger partial charge in [0.05, 0.1) is 0 Å². The Bertz CT molecular complexity index is 583. The molecule has 0 saturated heterocycles. The Labute approximate surface area is 107 Å². The summed E-state index contributed by atoms with van der Waals surface area (Å²) in [6.45, 7) is 3.80. The minimum atomic E-state index is 0.0425. The molecule has 1 atom stereocenters. The first-order valence-electron chi connectivity index (χ1n) is 6.02. The van der Waals surface area contributed by atoms with E-state index in [1.807, 2.05) is 50.4 Å². The van der Waals surface area contributed by atoms with Crippen LogP contribution in [0.3, 0.4) is 0 Å². The lowest BCUT2D eigenvalue weighted by atomic mass is 10.0. The summed E-state index contributed by atoms with van der Waals surface area (Å²) in [5.41, 5.74) is 9.88. The van der Waals surface area contributed by atoms with Gasteiger partial charge in [0.2, 0.25) is 0 Å². The molecule has 0 aliphatic carbocycles. The first-order chi connectivity index (χ1) is 8.49. The van der Waals surface area contributed by atoms with E-state index in [9.17, 15) is 4.79 Å². The van der Waals surface area contributed by atoms with Gasteiger partial charge in [0.25, 0.3) is 5.56 Å². The highest BCUT2D eigenvalue weighted by Gasteiger charge is 2.04. The Morgan fingerprint density at radius 1 is 1.17 bits per heavy atom. The van der Waals surface area contributed by atoms with Gasteiger partial charge in [-0.15, -0.1) is 0 Å². The zero-order valence-corrected chi connectivity index (χ0v) is 11.0. The van der Waals surface area contributed by atoms with Crippen molar-refractivity contribution in [2.45, 2.75) is 19.9 Å². The third-order valence-corrected chi connectivity index (χ3v) is 3.13. The molecule has 0 spiro atoms. The highest BCUT2D eigenvalue weighted by molar-refractivity contribution is 5.63. The lowest BCUT2D eigenvalue weighted by Gasteiger charge is -2.09. The van der Waals surface area contributed by atoms with E-state index in [4.69, 9.17) is 5.73 Å². The summed E-state index contributed by atoms with van der Waals surface area (Å²) in [6.07, 6.45) is 1.86. The molecule has 1 aromatic carbocycles. The molecule has 0 radical (unpaired) electrons. The number of nitrogens with zero attached hydrogens (tertiary/aromatic N) is 1. The lowest BCUT2D eigenvalue weighted by molar-refractivity contribution is 0.818. The molecule has 94 valence electrons. The molecule has 2 rings (SSSR count). The number of hydrogen-bond acceptors (Lipinski definition) is 2. The average molecular weight is 242 g/mol. The summed E-state index contributed by atoms with van der Waals surface area (Å²) in [5, 5.41) is 0. The molecule has 3 heteroatoms. The van der Waals surface area contributed by atoms with Gasteiger partial charge in [0, 0.05) is 24.8 Å². The number of nitrogens with two attached hydrogens (primary N) is 1. The van der Waals surface area contributed by atoms with Crippen LogP contribution in [0.1, 0.15) is 24.1 Å². The van der Waals surface area contributed by atoms with Crippen molar-refractivity contribution in [3.63, 3.8) is 0 Å². The third-order valence-electron chi connectivity index (χ3n) is 3.13. The van der Waals surface area contributed by atoms with Crippen LogP contribution in [-0.2, 0) is 7.05 Å². The van der Waals surface area contributed by atoms with Crippen LogP contribution in [0.15, 0.2) is 41.3 Å². The summed E-state index contributed by atoms with van der Waals surface area (Å²) in [6, 6.07) is 10.1. The summed E-state index contributed by atoms with van der Waals surface area (Å²) in [4.78, 5) is 11.6. The van der Waals surface area contributed by atoms with Gasteiger partial charge in [0.15, 0.2) is 0 Å². The van der Waals surface area contributed by atoms with E-state index in [1.165, 1.54) is 0 Å². The van der Waals surface area contributed by atoms with Gasteiger partial charge in [-0.1, -0.05) is 24.3 Å². The molecule has 2 N–H and O–H groups in total. The van der Waals surface area contributed by atoms with Crippen molar-refractivity contribution in [3.8, 4) is 11.1 Å². The quantitative estimate of drug-likeness (QED) is 0.879. The number of pyridine rings is 1. The Morgan fingerprint density at radius 2 is 1.78 bits per heavy atom. The fourth-order valence-electron chi connectivity index (χ4n) is 2.01. The fraction of sp³-hybridized carbons (Fsp3) is 0.267. The molecular formula is C15H18N2O. The van der Waals surface area contributed by atoms with E-state index in [0.29, 0.717) is 0 Å². The number of aromatic nitrogens is 1. The van der Waals surface area contributed by atoms with E-state index in [2.05, 4.69) is 0 Å². The highest BCUT2D eigenvalue weighted by Crippen LogP contribution is 2.21. The van der Waals surface area contributed by atoms with E-state index in [-0.39, 0.29) is 11.6 Å². The normalized spacial score (nSPS) is 12.4. The van der Waals surface area contributed by atoms with Crippen LogP contribution in [0.4, 0.5) is 0 Å². The van der Waals surface area contributed by atoms with Crippen molar-refractivity contribution >= 4 is 0 Å². The second-order valence-electron chi connectivity index (χ2n) is 4.74. The average Bonchev–Trinajstić information content (AvgIpc) is 2.35. The van der Waals surface area contributed by atoms with Crippen LogP contribution in [0.2, 0.25) is 0 Å². The number of hydrogen-bond donors (Lipinski definition) is 1. The fourth-order valence-corrected chi connectivity index (χ4v) is 2.01. The van der Waals surface area contributed by atoms with Gasteiger partial charge in [-0.3, -0.25) is 4.79 Å². The Morgan fingerprint density at radius 3 is 2.28 bits per heavy atom. The minimum absolute atomic E-state index is 0.0425. The van der Waals surface area contributed by atoms with Crippen LogP contribution in [0, 0.1) is 6.92 Å². The predicted molar refractivity (Wildman–Crippen MR) is 74.5 cm³/mol. The van der Waals surface area contributed by atoms with Crippen LogP contribution in [0.5, 0.6) is 0 Å². The Kier molecular flexibility index (Phi) is 3.34. The van der Waals surface area contributed by atoms with Crippen molar-refractivity contribution in [2.75, 3.05) is 0 Å². The van der Waals surface area contributed by atoms with Gasteiger partial charge >= 0.3 is 0 Å². The summed E-state index contributed by atoms with van der Waals surface area (Å²) in [5.74, 6) is 0. The number of aryl methyl sites for hydroxylation is 2. The number of benzene rings is 1. The molecule has 0 bridgehead atoms. The van der Waals surface area contributed by atoms with Crippen LogP contribution >= 0.6 is 0 Å². The third kappa shape index (κ3) is 2.36. The SMILES string of the molecule is Cc1cc(-c2ccc(C(C)N)cc2)cn(C)c1=O. The summed E-state index contributed by atoms with van der Waals surface area (Å²) >= 11 is 0. The minimum Gasteiger partial charge on any atom is -0.324 e. The van der Waals surface area contributed by atoms with Gasteiger partial charge in [-0.05, 0) is 36.6 Å². The van der Waals surface area contributed by atoms with Crippen molar-refractivity contribution in [1.82, 2.24) is 4.57 Å². The summed E-state index contributed by atoms with van der Waals surface area (Å²) < 4.78 is 1.62. The zero-order valence-electron chi connectivity index (χ0n) is 11.0. The topological polar surface area (TPSA) is 48.0 Å². The molecule has 2 aromatic rings. The van der Waals surface area contributed by atoms with Crippen LogP contribution in [0.25, 0.3) is 11.1 Å². The molecule has 0 saturated carbocycles. The maximum absolute atomic E-state index is 11.6. The molecule has 0 fully saturated rings. The van der Waals surface area contributed by atoms with E-state index in [1.54, 1.807) is 11.6 Å². The van der Waals surface area contributed by atoms with Crippen molar-refractivity contribution in [1.29, 1.82) is 0 Å². The molecule has 1 unspecified atom stereocenters. The molecular weight excluding hydrogens is 224 g/mol. The molecule has 1 aromatic heterocycles. The Balaban J connectivity index is 2.46. The van der Waals surface area contributed by atoms with Crippen LogP contribution in [-0.4, -0.2) is 4.57 Å². The van der Waals surface area contributed by atoms with E-state index < -0.39 is 0 Å². The maximum Gasteiger partial charge on any atom is 0.253 e. The summed E-state index contributed by atoms with van der Waals surface area (Å²) in [7, 11) is 1.77. The molecule has 1 heterocycles. The van der Waals surface area contributed by atoms with Crippen molar-refractivity contribution in [3.05, 3.63) is 58.0 Å². The highest BCUT2D eigenvalue weighted by atomic mass is 16.1. The molecule has 0 aliphatic heterocycles. The second kappa shape index (κ2) is 4.78. The van der Waals surface area contributed by atoms with Crippen molar-refractivity contribution < 1.29 is 0 Å². The molecule has 18 heavy (non-hydrogen) atoms. The van der Waals surface area contributed by atoms with Gasteiger partial charge in [0.1, 0.15) is 0 Å². The Hall–Kier alpha value is -1.87. The van der Waals surface area contributed by atoms with Gasteiger partial charge in [-0.25, -0.2) is 0 Å². The number of rotatable bonds is 2. The lowest BCUT2D eigenvalue weighted by Crippen LogP contribution is -2.18. The van der Waals surface area contributed by atoms with Gasteiger partial charge < -0.3 is 10.3 Å². The largest absolute Gasteiger partial charge is 0.324 e. The molecule has 0 aliphatic rings. The first-order valence-corrected chi connectivity index (χ1v) is 6.02. The standard InChI is InChI=1S/C15H18N2O/c1-10-8-14(9-17(3)15(10)18)13-6-4-12(5-7-13)11(2)16/h4-9,11H,16H2,1-3H3. The molecule has 0 amide bonds. The molecule has 3 nitrogen and oxygen atoms in total. The van der Waals surface area contributed by atoms with E-state index >= 15 is 0 Å². The first kappa shape index (κ1) is 12.6. The monoisotopic (exact) mass is 242 g/mol. The van der Waals surface area contributed by atoms with Crippen LogP contribution < -0.4 is 11.3 Å². The second-order valence-corrected chi connectivity index (χ2v) is 4.74. The maximum atomic E-state index is 11.6. The van der Waals surface area contributed by atoms with Crippen molar-refractivity contribution in [2.24, 2.45) is 12.8 Å². The smallest absolute Gasteiger partial charge is 0.253 e. The zero-order chi connectivity index (χ0) is 13.3. The predicted octanol–water partition coefficient (Wildman–Crippen LogP) is 2.38.